The minimum absolute atomic E-state index is 0.0749. The molecule has 0 bridgehead atoms. The molecule has 21 heavy (non-hydrogen) atoms. The second-order valence-corrected chi connectivity index (χ2v) is 6.03. The minimum Gasteiger partial charge on any atom is -0.357 e. The van der Waals surface area contributed by atoms with Crippen molar-refractivity contribution in [3.63, 3.8) is 0 Å². The van der Waals surface area contributed by atoms with Gasteiger partial charge in [0.25, 0.3) is 0 Å². The maximum Gasteiger partial charge on any atom is 0.315 e. The van der Waals surface area contributed by atoms with E-state index in [4.69, 9.17) is 0 Å². The van der Waals surface area contributed by atoms with Crippen molar-refractivity contribution >= 4 is 11.8 Å². The van der Waals surface area contributed by atoms with Gasteiger partial charge in [0, 0.05) is 31.9 Å². The Bertz CT molecular complexity index is 462. The third-order valence-electron chi connectivity index (χ3n) is 4.10. The van der Waals surface area contributed by atoms with Gasteiger partial charge in [-0.1, -0.05) is 18.9 Å². The van der Waals surface area contributed by atoms with E-state index >= 15 is 0 Å². The van der Waals surface area contributed by atoms with E-state index in [-0.39, 0.29) is 6.03 Å². The van der Waals surface area contributed by atoms with E-state index in [2.05, 4.69) is 32.7 Å². The molecule has 114 valence electrons. The number of anilines is 1. The summed E-state index contributed by atoms with van der Waals surface area (Å²) in [5.74, 6) is 1.06. The van der Waals surface area contributed by atoms with Gasteiger partial charge in [-0.15, -0.1) is 0 Å². The number of hydrogen-bond donors (Lipinski definition) is 2. The SMILES string of the molecule is O=C(NCc1ccc(N2CCCCCC2)nc1)NC1CC1. The van der Waals surface area contributed by atoms with Crippen molar-refractivity contribution in [3.05, 3.63) is 23.9 Å². The monoisotopic (exact) mass is 288 g/mol. The fourth-order valence-corrected chi connectivity index (χ4v) is 2.65. The summed E-state index contributed by atoms with van der Waals surface area (Å²) < 4.78 is 0. The standard InChI is InChI=1S/C16H24N4O/c21-16(19-14-6-7-14)18-12-13-5-8-15(17-11-13)20-9-3-1-2-4-10-20/h5,8,11,14H,1-4,6-7,9-10,12H2,(H2,18,19,21). The zero-order valence-electron chi connectivity index (χ0n) is 12.5. The predicted molar refractivity (Wildman–Crippen MR) is 83.3 cm³/mol. The molecule has 2 amide bonds. The van der Waals surface area contributed by atoms with Gasteiger partial charge in [0.1, 0.15) is 5.82 Å². The van der Waals surface area contributed by atoms with Gasteiger partial charge in [-0.25, -0.2) is 9.78 Å². The molecule has 1 aromatic heterocycles. The predicted octanol–water partition coefficient (Wildman–Crippen LogP) is 2.42. The van der Waals surface area contributed by atoms with Crippen molar-refractivity contribution < 1.29 is 4.79 Å². The lowest BCUT2D eigenvalue weighted by molar-refractivity contribution is 0.240. The molecule has 2 aliphatic rings. The number of nitrogens with zero attached hydrogens (tertiary/aromatic N) is 2. The number of urea groups is 1. The summed E-state index contributed by atoms with van der Waals surface area (Å²) in [4.78, 5) is 18.5. The van der Waals surface area contributed by atoms with E-state index in [0.717, 1.165) is 37.3 Å². The second-order valence-electron chi connectivity index (χ2n) is 6.03. The van der Waals surface area contributed by atoms with Crippen molar-refractivity contribution in [1.29, 1.82) is 0 Å². The summed E-state index contributed by atoms with van der Waals surface area (Å²) in [6.45, 7) is 2.74. The number of aromatic nitrogens is 1. The van der Waals surface area contributed by atoms with E-state index in [1.807, 2.05) is 6.20 Å². The lowest BCUT2D eigenvalue weighted by Crippen LogP contribution is -2.36. The first-order valence-corrected chi connectivity index (χ1v) is 8.05. The van der Waals surface area contributed by atoms with Gasteiger partial charge in [-0.3, -0.25) is 0 Å². The molecule has 5 nitrogen and oxygen atoms in total. The highest BCUT2D eigenvalue weighted by Gasteiger charge is 2.22. The number of carbonyl (C=O) groups is 1. The highest BCUT2D eigenvalue weighted by molar-refractivity contribution is 5.74. The summed E-state index contributed by atoms with van der Waals surface area (Å²) >= 11 is 0. The van der Waals surface area contributed by atoms with E-state index in [1.165, 1.54) is 25.7 Å². The first kappa shape index (κ1) is 14.2. The van der Waals surface area contributed by atoms with Gasteiger partial charge in [0.15, 0.2) is 0 Å². The third-order valence-corrected chi connectivity index (χ3v) is 4.10. The Kier molecular flexibility index (Phi) is 4.58. The van der Waals surface area contributed by atoms with Crippen LogP contribution in [0.2, 0.25) is 0 Å². The summed E-state index contributed by atoms with van der Waals surface area (Å²) in [7, 11) is 0. The van der Waals surface area contributed by atoms with Crippen LogP contribution in [0.15, 0.2) is 18.3 Å². The average Bonchev–Trinajstić information content (AvgIpc) is 3.32. The second kappa shape index (κ2) is 6.78. The Morgan fingerprint density at radius 3 is 2.57 bits per heavy atom. The van der Waals surface area contributed by atoms with E-state index < -0.39 is 0 Å². The van der Waals surface area contributed by atoms with Gasteiger partial charge in [-0.2, -0.15) is 0 Å². The van der Waals surface area contributed by atoms with Gasteiger partial charge in [0.05, 0.1) is 0 Å². The maximum atomic E-state index is 11.6. The molecule has 0 atom stereocenters. The van der Waals surface area contributed by atoms with Crippen LogP contribution in [-0.4, -0.2) is 30.1 Å². The fourth-order valence-electron chi connectivity index (χ4n) is 2.65. The van der Waals surface area contributed by atoms with E-state index in [0.29, 0.717) is 12.6 Å². The zero-order valence-corrected chi connectivity index (χ0v) is 12.5. The van der Waals surface area contributed by atoms with Crippen LogP contribution in [0.4, 0.5) is 10.6 Å². The Hall–Kier alpha value is -1.78. The summed E-state index contributed by atoms with van der Waals surface area (Å²) in [6, 6.07) is 4.45. The van der Waals surface area contributed by atoms with Gasteiger partial charge in [-0.05, 0) is 37.3 Å². The van der Waals surface area contributed by atoms with Crippen LogP contribution in [0.25, 0.3) is 0 Å². The van der Waals surface area contributed by atoms with Crippen LogP contribution in [0.3, 0.4) is 0 Å². The van der Waals surface area contributed by atoms with Gasteiger partial charge in [0.2, 0.25) is 0 Å². The van der Waals surface area contributed by atoms with Gasteiger partial charge < -0.3 is 15.5 Å². The largest absolute Gasteiger partial charge is 0.357 e. The molecule has 1 aliphatic carbocycles. The summed E-state index contributed by atoms with van der Waals surface area (Å²) in [6.07, 6.45) is 9.26. The lowest BCUT2D eigenvalue weighted by Gasteiger charge is -2.21. The molecule has 3 rings (SSSR count). The molecule has 0 radical (unpaired) electrons. The number of hydrogen-bond acceptors (Lipinski definition) is 3. The molecule has 1 saturated heterocycles. The Balaban J connectivity index is 1.49. The zero-order chi connectivity index (χ0) is 14.5. The molecule has 2 N–H and O–H groups in total. The maximum absolute atomic E-state index is 11.6. The normalized spacial score (nSPS) is 19.0. The fraction of sp³-hybridized carbons (Fsp3) is 0.625. The van der Waals surface area contributed by atoms with Crippen molar-refractivity contribution in [2.45, 2.75) is 51.1 Å². The quantitative estimate of drug-likeness (QED) is 0.894. The number of rotatable bonds is 4. The molecule has 1 aromatic rings. The van der Waals surface area contributed by atoms with Gasteiger partial charge >= 0.3 is 6.03 Å². The topological polar surface area (TPSA) is 57.3 Å². The highest BCUT2D eigenvalue weighted by atomic mass is 16.2. The number of carbonyl (C=O) groups excluding carboxylic acids is 1. The van der Waals surface area contributed by atoms with Crippen LogP contribution < -0.4 is 15.5 Å². The molecule has 2 fully saturated rings. The third kappa shape index (κ3) is 4.34. The van der Waals surface area contributed by atoms with Crippen molar-refractivity contribution in [1.82, 2.24) is 15.6 Å². The van der Waals surface area contributed by atoms with Crippen LogP contribution >= 0.6 is 0 Å². The molecular formula is C16H24N4O. The molecule has 1 aliphatic heterocycles. The molecule has 0 unspecified atom stereocenters. The lowest BCUT2D eigenvalue weighted by atomic mass is 10.2. The Morgan fingerprint density at radius 1 is 1.19 bits per heavy atom. The molecule has 1 saturated carbocycles. The minimum atomic E-state index is -0.0749. The highest BCUT2D eigenvalue weighted by Crippen LogP contribution is 2.18. The van der Waals surface area contributed by atoms with Crippen LogP contribution in [-0.2, 0) is 6.54 Å². The molecule has 5 heteroatoms. The summed E-state index contributed by atoms with van der Waals surface area (Å²) in [5, 5.41) is 5.79. The first-order chi connectivity index (χ1) is 10.3. The molecular weight excluding hydrogens is 264 g/mol. The molecule has 0 aromatic carbocycles. The number of nitrogens with one attached hydrogen (secondary N) is 2. The van der Waals surface area contributed by atoms with Crippen molar-refractivity contribution in [3.8, 4) is 0 Å². The van der Waals surface area contributed by atoms with Crippen LogP contribution in [0, 0.1) is 0 Å². The number of amides is 2. The van der Waals surface area contributed by atoms with Crippen molar-refractivity contribution in [2.75, 3.05) is 18.0 Å². The molecule has 2 heterocycles. The average molecular weight is 288 g/mol. The summed E-state index contributed by atoms with van der Waals surface area (Å²) in [5.41, 5.74) is 1.04. The molecule has 0 spiro atoms. The van der Waals surface area contributed by atoms with Crippen LogP contribution in [0.1, 0.15) is 44.1 Å². The van der Waals surface area contributed by atoms with E-state index in [9.17, 15) is 4.79 Å². The number of pyridine rings is 1. The van der Waals surface area contributed by atoms with Crippen LogP contribution in [0.5, 0.6) is 0 Å². The first-order valence-electron chi connectivity index (χ1n) is 8.05. The van der Waals surface area contributed by atoms with E-state index in [1.54, 1.807) is 0 Å². The van der Waals surface area contributed by atoms with Crippen molar-refractivity contribution in [2.24, 2.45) is 0 Å². The smallest absolute Gasteiger partial charge is 0.315 e. The Morgan fingerprint density at radius 2 is 1.95 bits per heavy atom. The Labute approximate surface area is 126 Å².